The van der Waals surface area contributed by atoms with Crippen LogP contribution in [-0.4, -0.2) is 44.0 Å². The molecule has 2 saturated carbocycles. The van der Waals surface area contributed by atoms with Crippen LogP contribution in [0, 0.1) is 5.92 Å². The van der Waals surface area contributed by atoms with Crippen molar-refractivity contribution >= 4 is 28.9 Å². The Bertz CT molecular complexity index is 598. The van der Waals surface area contributed by atoms with Gasteiger partial charge in [0.05, 0.1) is 6.04 Å². The molecule has 3 N–H and O–H groups in total. The number of nitrogens with one attached hydrogen (secondary N) is 3. The van der Waals surface area contributed by atoms with Gasteiger partial charge in [-0.15, -0.1) is 0 Å². The van der Waals surface area contributed by atoms with Crippen molar-refractivity contribution < 1.29 is 23.1 Å². The summed E-state index contributed by atoms with van der Waals surface area (Å²) >= 11 is -2.60. The number of ketones is 1. The smallest absolute Gasteiger partial charge is 0.289 e. The molecule has 0 saturated heterocycles. The van der Waals surface area contributed by atoms with Crippen LogP contribution in [0.3, 0.4) is 0 Å². The summed E-state index contributed by atoms with van der Waals surface area (Å²) in [5, 5.41) is 5.46. The Morgan fingerprint density at radius 1 is 1.07 bits per heavy atom. The Labute approximate surface area is 169 Å². The lowest BCUT2D eigenvalue weighted by Crippen LogP contribution is -2.61. The first-order chi connectivity index (χ1) is 13.2. The van der Waals surface area contributed by atoms with Crippen molar-refractivity contribution in [2.75, 3.05) is 0 Å². The summed E-state index contributed by atoms with van der Waals surface area (Å²) in [6, 6.07) is -0.948. The van der Waals surface area contributed by atoms with E-state index in [0.29, 0.717) is 19.3 Å². The normalized spacial score (nSPS) is 21.9. The molecule has 1 unspecified atom stereocenters. The van der Waals surface area contributed by atoms with Gasteiger partial charge in [0.2, 0.25) is 11.7 Å². The van der Waals surface area contributed by atoms with Gasteiger partial charge in [-0.05, 0) is 38.0 Å². The fourth-order valence-corrected chi connectivity index (χ4v) is 4.79. The van der Waals surface area contributed by atoms with E-state index in [-0.39, 0.29) is 12.0 Å². The predicted molar refractivity (Wildman–Crippen MR) is 105 cm³/mol. The van der Waals surface area contributed by atoms with Crippen LogP contribution < -0.4 is 15.4 Å². The van der Waals surface area contributed by atoms with E-state index >= 15 is 0 Å². The summed E-state index contributed by atoms with van der Waals surface area (Å²) in [5.74, 6) is -1.78. The number of carbonyl (C=O) groups is 3. The molecule has 0 aromatic carbocycles. The van der Waals surface area contributed by atoms with Gasteiger partial charge in [0, 0.05) is 17.3 Å². The van der Waals surface area contributed by atoms with Crippen LogP contribution in [0.4, 0.5) is 0 Å². The van der Waals surface area contributed by atoms with E-state index in [0.717, 1.165) is 44.9 Å². The van der Waals surface area contributed by atoms with E-state index in [9.17, 15) is 23.1 Å². The molecule has 8 nitrogen and oxygen atoms in total. The van der Waals surface area contributed by atoms with Crippen LogP contribution in [0.2, 0.25) is 0 Å². The standard InChI is InChI=1S/C19H33N3O5S/c1-13(2)12-15(16(23)17(24)20-14-8-4-5-9-14)21-18(25)19(22-28(26)27)10-6-3-7-11-19/h13-15,22H,3-12H2,1-2H3,(H,20,24)(H,21,25)(H,26,27)/p-1/t15-/m0/s1. The second kappa shape index (κ2) is 10.5. The summed E-state index contributed by atoms with van der Waals surface area (Å²) in [6.45, 7) is 3.81. The Morgan fingerprint density at radius 2 is 1.68 bits per heavy atom. The molecule has 9 heteroatoms. The van der Waals surface area contributed by atoms with Gasteiger partial charge in [0.1, 0.15) is 5.54 Å². The third-order valence-electron chi connectivity index (χ3n) is 5.66. The zero-order valence-corrected chi connectivity index (χ0v) is 17.6. The highest BCUT2D eigenvalue weighted by Crippen LogP contribution is 2.29. The quantitative estimate of drug-likeness (QED) is 0.386. The number of amides is 2. The lowest BCUT2D eigenvalue weighted by molar-refractivity contribution is -0.141. The Hall–Kier alpha value is -1.32. The molecular formula is C19H32N3O5S-. The number of hydrogen-bond acceptors (Lipinski definition) is 5. The number of carbonyl (C=O) groups excluding carboxylic acids is 3. The summed E-state index contributed by atoms with van der Waals surface area (Å²) in [5.41, 5.74) is -1.25. The fraction of sp³-hybridized carbons (Fsp3) is 0.842. The molecule has 2 atom stereocenters. The molecule has 0 bridgehead atoms. The van der Waals surface area contributed by atoms with E-state index in [2.05, 4.69) is 15.4 Å². The average Bonchev–Trinajstić information content (AvgIpc) is 3.13. The van der Waals surface area contributed by atoms with Crippen LogP contribution in [0.1, 0.15) is 78.1 Å². The third-order valence-corrected chi connectivity index (χ3v) is 6.22. The molecule has 0 aromatic rings. The molecule has 2 rings (SSSR count). The Morgan fingerprint density at radius 3 is 2.21 bits per heavy atom. The summed E-state index contributed by atoms with van der Waals surface area (Å²) in [7, 11) is 0. The maximum absolute atomic E-state index is 13.0. The lowest BCUT2D eigenvalue weighted by Gasteiger charge is -2.38. The van der Waals surface area contributed by atoms with Crippen LogP contribution in [-0.2, 0) is 25.7 Å². The van der Waals surface area contributed by atoms with Gasteiger partial charge in [-0.1, -0.05) is 46.0 Å². The number of Topliss-reactive ketones (excluding diaryl/α,β-unsaturated/α-hetero) is 1. The fourth-order valence-electron chi connectivity index (χ4n) is 4.17. The van der Waals surface area contributed by atoms with Crippen molar-refractivity contribution in [2.24, 2.45) is 5.92 Å². The molecule has 28 heavy (non-hydrogen) atoms. The minimum atomic E-state index is -2.60. The third kappa shape index (κ3) is 6.35. The van der Waals surface area contributed by atoms with Gasteiger partial charge >= 0.3 is 0 Å². The summed E-state index contributed by atoms with van der Waals surface area (Å²) in [4.78, 5) is 38.1. The predicted octanol–water partition coefficient (Wildman–Crippen LogP) is 1.23. The number of hydrogen-bond donors (Lipinski definition) is 3. The molecule has 2 aliphatic rings. The van der Waals surface area contributed by atoms with Gasteiger partial charge in [-0.2, -0.15) is 0 Å². The zero-order chi connectivity index (χ0) is 20.7. The van der Waals surface area contributed by atoms with Crippen molar-refractivity contribution in [3.8, 4) is 0 Å². The molecule has 2 amide bonds. The molecule has 0 heterocycles. The maximum Gasteiger partial charge on any atom is 0.289 e. The first-order valence-electron chi connectivity index (χ1n) is 10.3. The molecule has 2 aliphatic carbocycles. The van der Waals surface area contributed by atoms with E-state index in [1.165, 1.54) is 0 Å². The minimum absolute atomic E-state index is 0.0149. The van der Waals surface area contributed by atoms with Crippen molar-refractivity contribution in [3.05, 3.63) is 0 Å². The van der Waals surface area contributed by atoms with Gasteiger partial charge in [-0.25, -0.2) is 4.72 Å². The second-order valence-corrected chi connectivity index (χ2v) is 9.13. The van der Waals surface area contributed by atoms with Gasteiger partial charge in [0.25, 0.3) is 5.91 Å². The van der Waals surface area contributed by atoms with Gasteiger partial charge < -0.3 is 15.2 Å². The van der Waals surface area contributed by atoms with Crippen molar-refractivity contribution in [3.63, 3.8) is 0 Å². The zero-order valence-electron chi connectivity index (χ0n) is 16.8. The van der Waals surface area contributed by atoms with Crippen LogP contribution in [0.15, 0.2) is 0 Å². The first kappa shape index (κ1) is 23.0. The average molecular weight is 415 g/mol. The monoisotopic (exact) mass is 414 g/mol. The molecule has 0 aliphatic heterocycles. The highest BCUT2D eigenvalue weighted by atomic mass is 32.2. The second-order valence-electron chi connectivity index (χ2n) is 8.45. The molecule has 160 valence electrons. The van der Waals surface area contributed by atoms with Gasteiger partial charge in [-0.3, -0.25) is 18.6 Å². The van der Waals surface area contributed by atoms with Crippen molar-refractivity contribution in [1.82, 2.24) is 15.4 Å². The number of rotatable bonds is 9. The van der Waals surface area contributed by atoms with E-state index < -0.39 is 40.4 Å². The maximum atomic E-state index is 13.0. The molecular weight excluding hydrogens is 382 g/mol. The summed E-state index contributed by atoms with van der Waals surface area (Å²) in [6.07, 6.45) is 7.25. The SMILES string of the molecule is CC(C)C[C@H](NC(=O)C1(NS(=O)[O-])CCCCC1)C(=O)C(=O)NC1CCCC1. The van der Waals surface area contributed by atoms with E-state index in [4.69, 9.17) is 0 Å². The molecule has 0 radical (unpaired) electrons. The highest BCUT2D eigenvalue weighted by Gasteiger charge is 2.42. The largest absolute Gasteiger partial charge is 0.760 e. The topological polar surface area (TPSA) is 127 Å². The Kier molecular flexibility index (Phi) is 8.57. The molecule has 0 spiro atoms. The lowest BCUT2D eigenvalue weighted by atomic mass is 9.81. The van der Waals surface area contributed by atoms with Crippen LogP contribution >= 0.6 is 0 Å². The van der Waals surface area contributed by atoms with Crippen LogP contribution in [0.5, 0.6) is 0 Å². The van der Waals surface area contributed by atoms with E-state index in [1.54, 1.807) is 0 Å². The van der Waals surface area contributed by atoms with Gasteiger partial charge in [0.15, 0.2) is 0 Å². The van der Waals surface area contributed by atoms with Crippen molar-refractivity contribution in [1.29, 1.82) is 0 Å². The Balaban J connectivity index is 2.10. The molecule has 0 aromatic heterocycles. The first-order valence-corrected chi connectivity index (χ1v) is 11.3. The minimum Gasteiger partial charge on any atom is -0.760 e. The highest BCUT2D eigenvalue weighted by molar-refractivity contribution is 7.77. The summed E-state index contributed by atoms with van der Waals surface area (Å²) < 4.78 is 24.9. The van der Waals surface area contributed by atoms with Crippen molar-refractivity contribution in [2.45, 2.75) is 95.7 Å². The van der Waals surface area contributed by atoms with Crippen LogP contribution in [0.25, 0.3) is 0 Å². The molecule has 2 fully saturated rings. The van der Waals surface area contributed by atoms with E-state index in [1.807, 2.05) is 13.8 Å².